The SMILES string of the molecule is O[C@H]1C=Cc2c(ccc3cc4ccc5cccc6ccc(c23)c4c56)[C@@H]1O. The Bertz CT molecular complexity index is 1350. The molecule has 2 N–H and O–H groups in total. The Hall–Kier alpha value is -2.94. The number of fused-ring (bicyclic) bond motifs is 4. The number of aliphatic hydroxyl groups excluding tert-OH is 2. The summed E-state index contributed by atoms with van der Waals surface area (Å²) >= 11 is 0. The topological polar surface area (TPSA) is 40.5 Å². The van der Waals surface area contributed by atoms with Gasteiger partial charge in [0.2, 0.25) is 0 Å². The van der Waals surface area contributed by atoms with Gasteiger partial charge < -0.3 is 10.2 Å². The Balaban J connectivity index is 1.90. The third-order valence-corrected chi connectivity index (χ3v) is 5.80. The first-order valence-corrected chi connectivity index (χ1v) is 8.90. The average molecular weight is 336 g/mol. The Morgan fingerprint density at radius 2 is 1.35 bits per heavy atom. The summed E-state index contributed by atoms with van der Waals surface area (Å²) in [6, 6.07) is 21.4. The van der Waals surface area contributed by atoms with E-state index < -0.39 is 12.2 Å². The molecule has 0 fully saturated rings. The second-order valence-electron chi connectivity index (χ2n) is 7.19. The maximum absolute atomic E-state index is 10.4. The van der Waals surface area contributed by atoms with E-state index in [0.717, 1.165) is 21.9 Å². The second-order valence-corrected chi connectivity index (χ2v) is 7.19. The predicted octanol–water partition coefficient (Wildman–Crippen LogP) is 5.16. The van der Waals surface area contributed by atoms with Crippen molar-refractivity contribution in [2.75, 3.05) is 0 Å². The van der Waals surface area contributed by atoms with Gasteiger partial charge in [0.15, 0.2) is 0 Å². The number of benzene rings is 5. The molecule has 0 saturated heterocycles. The standard InChI is InChI=1S/C24H16O2/c25-20-11-10-17-18(24(20)26)8-7-15-12-16-5-4-13-2-1-3-14-6-9-19(22(15)17)23(16)21(13)14/h1-12,20,24-26H/t20-,24-/m0/s1. The summed E-state index contributed by atoms with van der Waals surface area (Å²) in [5.41, 5.74) is 1.81. The number of hydrogen-bond acceptors (Lipinski definition) is 2. The molecule has 0 aromatic heterocycles. The molecular weight excluding hydrogens is 320 g/mol. The van der Waals surface area contributed by atoms with Gasteiger partial charge in [0, 0.05) is 0 Å². The molecular formula is C24H16O2. The Morgan fingerprint density at radius 3 is 2.19 bits per heavy atom. The van der Waals surface area contributed by atoms with Crippen molar-refractivity contribution in [1.82, 2.24) is 0 Å². The zero-order valence-electron chi connectivity index (χ0n) is 14.0. The first-order chi connectivity index (χ1) is 12.7. The van der Waals surface area contributed by atoms with E-state index in [0.29, 0.717) is 0 Å². The normalized spacial score (nSPS) is 19.8. The van der Waals surface area contributed by atoms with Gasteiger partial charge in [-0.05, 0) is 60.3 Å². The quantitative estimate of drug-likeness (QED) is 0.303. The Kier molecular flexibility index (Phi) is 2.64. The van der Waals surface area contributed by atoms with Crippen molar-refractivity contribution in [3.63, 3.8) is 0 Å². The lowest BCUT2D eigenvalue weighted by Crippen LogP contribution is -2.19. The van der Waals surface area contributed by atoms with Crippen LogP contribution in [0.5, 0.6) is 0 Å². The minimum Gasteiger partial charge on any atom is -0.386 e. The first-order valence-electron chi connectivity index (χ1n) is 8.90. The van der Waals surface area contributed by atoms with Crippen molar-refractivity contribution in [3.8, 4) is 0 Å². The lowest BCUT2D eigenvalue weighted by molar-refractivity contribution is 0.0471. The van der Waals surface area contributed by atoms with Crippen LogP contribution in [0.2, 0.25) is 0 Å². The fraction of sp³-hybridized carbons (Fsp3) is 0.0833. The van der Waals surface area contributed by atoms with Crippen molar-refractivity contribution in [2.24, 2.45) is 0 Å². The summed E-state index contributed by atoms with van der Waals surface area (Å²) in [6.45, 7) is 0. The molecule has 6 rings (SSSR count). The molecule has 0 saturated carbocycles. The molecule has 2 heteroatoms. The lowest BCUT2D eigenvalue weighted by Gasteiger charge is -2.24. The molecule has 0 aliphatic heterocycles. The predicted molar refractivity (Wildman–Crippen MR) is 108 cm³/mol. The third kappa shape index (κ3) is 1.68. The van der Waals surface area contributed by atoms with Crippen LogP contribution in [0.1, 0.15) is 17.2 Å². The molecule has 5 aromatic carbocycles. The first kappa shape index (κ1) is 14.3. The van der Waals surface area contributed by atoms with E-state index in [1.165, 1.54) is 32.3 Å². The highest BCUT2D eigenvalue weighted by Crippen LogP contribution is 2.42. The molecule has 2 nitrogen and oxygen atoms in total. The van der Waals surface area contributed by atoms with Gasteiger partial charge in [-0.2, -0.15) is 0 Å². The van der Waals surface area contributed by atoms with Crippen LogP contribution >= 0.6 is 0 Å². The Labute approximate surface area is 149 Å². The molecule has 1 aliphatic rings. The molecule has 0 unspecified atom stereocenters. The number of hydrogen-bond donors (Lipinski definition) is 2. The van der Waals surface area contributed by atoms with E-state index >= 15 is 0 Å². The fourth-order valence-electron chi connectivity index (χ4n) is 4.60. The van der Waals surface area contributed by atoms with E-state index in [1.54, 1.807) is 6.08 Å². The fourth-order valence-corrected chi connectivity index (χ4v) is 4.60. The molecule has 0 radical (unpaired) electrons. The van der Waals surface area contributed by atoms with Gasteiger partial charge in [0.25, 0.3) is 0 Å². The average Bonchev–Trinajstić information content (AvgIpc) is 2.68. The monoisotopic (exact) mass is 336 g/mol. The number of aliphatic hydroxyl groups is 2. The van der Waals surface area contributed by atoms with Crippen molar-refractivity contribution < 1.29 is 10.2 Å². The van der Waals surface area contributed by atoms with E-state index in [4.69, 9.17) is 0 Å². The maximum atomic E-state index is 10.4. The van der Waals surface area contributed by atoms with Crippen molar-refractivity contribution >= 4 is 49.2 Å². The smallest absolute Gasteiger partial charge is 0.109 e. The summed E-state index contributed by atoms with van der Waals surface area (Å²) in [4.78, 5) is 0. The second kappa shape index (κ2) is 4.82. The van der Waals surface area contributed by atoms with Crippen LogP contribution < -0.4 is 0 Å². The van der Waals surface area contributed by atoms with Crippen LogP contribution in [0.25, 0.3) is 49.2 Å². The van der Waals surface area contributed by atoms with Gasteiger partial charge in [0.1, 0.15) is 12.2 Å². The summed E-state index contributed by atoms with van der Waals surface area (Å²) in [5.74, 6) is 0. The van der Waals surface area contributed by atoms with E-state index in [9.17, 15) is 10.2 Å². The van der Waals surface area contributed by atoms with Gasteiger partial charge >= 0.3 is 0 Å². The molecule has 0 bridgehead atoms. The molecule has 5 aromatic rings. The van der Waals surface area contributed by atoms with Crippen molar-refractivity contribution in [3.05, 3.63) is 77.9 Å². The van der Waals surface area contributed by atoms with Crippen LogP contribution in [0.3, 0.4) is 0 Å². The van der Waals surface area contributed by atoms with Crippen molar-refractivity contribution in [1.29, 1.82) is 0 Å². The summed E-state index contributed by atoms with van der Waals surface area (Å²) in [7, 11) is 0. The van der Waals surface area contributed by atoms with Crippen LogP contribution in [0.15, 0.2) is 66.7 Å². The van der Waals surface area contributed by atoms with E-state index in [2.05, 4.69) is 54.6 Å². The highest BCUT2D eigenvalue weighted by atomic mass is 16.3. The van der Waals surface area contributed by atoms with Gasteiger partial charge in [0.05, 0.1) is 0 Å². The van der Waals surface area contributed by atoms with Gasteiger partial charge in [-0.3, -0.25) is 0 Å². The minimum atomic E-state index is -0.877. The molecule has 1 aliphatic carbocycles. The maximum Gasteiger partial charge on any atom is 0.109 e. The molecule has 0 heterocycles. The van der Waals surface area contributed by atoms with E-state index in [1.807, 2.05) is 12.1 Å². The van der Waals surface area contributed by atoms with Gasteiger partial charge in [-0.1, -0.05) is 66.7 Å². The third-order valence-electron chi connectivity index (χ3n) is 5.80. The van der Waals surface area contributed by atoms with Gasteiger partial charge in [-0.25, -0.2) is 0 Å². The Morgan fingerprint density at radius 1 is 0.654 bits per heavy atom. The van der Waals surface area contributed by atoms with Gasteiger partial charge in [-0.15, -0.1) is 0 Å². The molecule has 0 spiro atoms. The largest absolute Gasteiger partial charge is 0.386 e. The van der Waals surface area contributed by atoms with Crippen LogP contribution in [0, 0.1) is 0 Å². The molecule has 0 amide bonds. The zero-order valence-corrected chi connectivity index (χ0v) is 14.0. The zero-order chi connectivity index (χ0) is 17.4. The van der Waals surface area contributed by atoms with Crippen LogP contribution in [0.4, 0.5) is 0 Å². The highest BCUT2D eigenvalue weighted by Gasteiger charge is 2.24. The number of rotatable bonds is 0. The lowest BCUT2D eigenvalue weighted by atomic mass is 9.84. The minimum absolute atomic E-state index is 0.794. The summed E-state index contributed by atoms with van der Waals surface area (Å²) in [5, 5.41) is 30.2. The summed E-state index contributed by atoms with van der Waals surface area (Å²) < 4.78 is 0. The molecule has 124 valence electrons. The van der Waals surface area contributed by atoms with Crippen LogP contribution in [-0.2, 0) is 0 Å². The van der Waals surface area contributed by atoms with Crippen molar-refractivity contribution in [2.45, 2.75) is 12.2 Å². The van der Waals surface area contributed by atoms with E-state index in [-0.39, 0.29) is 0 Å². The summed E-state index contributed by atoms with van der Waals surface area (Å²) in [6.07, 6.45) is 1.91. The molecule has 2 atom stereocenters. The highest BCUT2D eigenvalue weighted by molar-refractivity contribution is 6.29. The molecule has 26 heavy (non-hydrogen) atoms. The van der Waals surface area contributed by atoms with Crippen LogP contribution in [-0.4, -0.2) is 16.3 Å².